The molecule has 33 heteroatoms. The second kappa shape index (κ2) is 41.8. The second-order valence-corrected chi connectivity index (χ2v) is 37.4. The van der Waals surface area contributed by atoms with Crippen LogP contribution in [0.1, 0.15) is 165 Å². The smallest absolute Gasteiger partial charge is 0.273 e. The molecule has 0 saturated carbocycles. The van der Waals surface area contributed by atoms with Crippen LogP contribution in [-0.2, 0) is 47.3 Å². The minimum Gasteiger partial charge on any atom is -0.496 e. The number of Topliss-reactive ketones (excluding diaryl/α,β-unsaturated/α-hetero) is 1. The van der Waals surface area contributed by atoms with Crippen LogP contribution in [0.25, 0.3) is 111 Å². The number of fused-ring (bicyclic) bond motifs is 7. The van der Waals surface area contributed by atoms with E-state index in [9.17, 15) is 40.8 Å². The fraction of sp³-hybridized carbons (Fsp3) is 0.264. The molecule has 3 amide bonds. The zero-order chi connectivity index (χ0) is 99.0. The summed E-state index contributed by atoms with van der Waals surface area (Å²) in [5.74, 6) is -0.587. The summed E-state index contributed by atoms with van der Waals surface area (Å²) in [6.45, 7) is 27.4. The Morgan fingerprint density at radius 2 is 1.24 bits per heavy atom. The Balaban J connectivity index is 0.000000148. The number of anilines is 2. The topological polar surface area (TPSA) is 374 Å². The molecule has 0 spiro atoms. The summed E-state index contributed by atoms with van der Waals surface area (Å²) < 4.78 is 85.5. The van der Waals surface area contributed by atoms with Crippen molar-refractivity contribution in [3.8, 4) is 67.5 Å². The quantitative estimate of drug-likeness (QED) is 0.0550. The summed E-state index contributed by atoms with van der Waals surface area (Å²) in [6, 6.07) is 53.8. The standard InChI is InChI=1S/C24H21FN2O2.C22H21FN4O3S.C20H22FN7O.2C20H22N4O.2H2/c1-26-20-10-9-16(25)13-18(20)21-19(24(29)27-11-5-6-12-27)14-17(23(28)22(21)26)15-7-3-2-4-8-15;1-4-27-13-24-21-18(12-25-26-22(21)27)14-6-9-19(23)17(10-14)16-8-7-15(11-20(16)30-3)31(28,29)5-2;1-12-6-7-13(21)8-14(12)18-25-24-16-9-15(20(2,3)4)19(26-28(16)18)29-10-17-22-11-23-27(17)5;1-4-11-22-20(25)19-17(21)15-10-6-9-14(18(15)23-24-19)16-12(2)7-5-8-13(16)3;1-4-10-22-20(25)19-17(21)15-7-5-6-14(18(15)23-24-19)16-11-12(2)8-9-13(16)3;;/h2-4,7-10,13-14,17H,5-6,11-12H2,1H3;6-13H,4-5H2,1-3H3;6-9,11H,10H2,1-5H3;5-10H,4,11H2,1-3H3,(H2,21,23)(H,22,25);5-9,11H,4,10H2,1-3H3,(H2,21,23)(H,22,25);2*1H. The minimum atomic E-state index is -3.42. The van der Waals surface area contributed by atoms with Gasteiger partial charge in [-0.15, -0.1) is 40.8 Å². The van der Waals surface area contributed by atoms with E-state index in [1.807, 2.05) is 123 Å². The lowest BCUT2D eigenvalue weighted by Crippen LogP contribution is -2.31. The molecule has 29 nitrogen and oxygen atoms in total. The molecule has 716 valence electrons. The molecule has 1 unspecified atom stereocenters. The number of benzene rings is 9. The highest BCUT2D eigenvalue weighted by atomic mass is 32.2. The van der Waals surface area contributed by atoms with Gasteiger partial charge in [-0.1, -0.05) is 168 Å². The summed E-state index contributed by atoms with van der Waals surface area (Å²) in [5, 5.41) is 50.1. The molecule has 6 N–H and O–H groups in total. The molecule has 0 radical (unpaired) electrons. The molecular formula is C106H112F3N21O8S. The van der Waals surface area contributed by atoms with Crippen LogP contribution in [0.15, 0.2) is 212 Å². The van der Waals surface area contributed by atoms with Crippen LogP contribution >= 0.6 is 0 Å². The Morgan fingerprint density at radius 3 is 1.88 bits per heavy atom. The monoisotopic (exact) mass is 1900 g/mol. The van der Waals surface area contributed by atoms with E-state index in [4.69, 9.17) is 20.9 Å². The molecule has 1 aliphatic heterocycles. The number of nitrogen functional groups attached to an aromatic ring is 2. The van der Waals surface area contributed by atoms with Crippen molar-refractivity contribution in [2.45, 2.75) is 138 Å². The predicted molar refractivity (Wildman–Crippen MR) is 538 cm³/mol. The number of carbonyl (C=O) groups is 4. The van der Waals surface area contributed by atoms with Gasteiger partial charge in [0.25, 0.3) is 17.7 Å². The van der Waals surface area contributed by atoms with E-state index in [0.29, 0.717) is 128 Å². The Bertz CT molecular complexity index is 7730. The Labute approximate surface area is 805 Å². The number of hydrogen-bond acceptors (Lipinski definition) is 22. The lowest BCUT2D eigenvalue weighted by molar-refractivity contribution is -0.124. The molecule has 2 aliphatic rings. The maximum Gasteiger partial charge on any atom is 0.273 e. The number of rotatable bonds is 20. The average Bonchev–Trinajstić information content (AvgIpc) is 1.55. The normalized spacial score (nSPS) is 12.9. The van der Waals surface area contributed by atoms with Crippen molar-refractivity contribution in [3.05, 3.63) is 292 Å². The number of aryl methyl sites for hydroxylation is 8. The molecule has 9 heterocycles. The van der Waals surface area contributed by atoms with Crippen molar-refractivity contribution in [2.75, 3.05) is 50.5 Å². The number of likely N-dealkylation sites (tertiary alicyclic amines) is 1. The molecule has 9 aromatic carbocycles. The predicted octanol–water partition coefficient (Wildman–Crippen LogP) is 19.4. The molecule has 0 bridgehead atoms. The zero-order valence-corrected chi connectivity index (χ0v) is 80.9. The third kappa shape index (κ3) is 20.4. The number of nitrogens with one attached hydrogen (secondary N) is 2. The summed E-state index contributed by atoms with van der Waals surface area (Å²) >= 11 is 0. The van der Waals surface area contributed by atoms with Gasteiger partial charge in [0.2, 0.25) is 5.88 Å². The van der Waals surface area contributed by atoms with Crippen molar-refractivity contribution in [2.24, 2.45) is 14.1 Å². The first-order valence-electron chi connectivity index (χ1n) is 45.8. The highest BCUT2D eigenvalue weighted by molar-refractivity contribution is 7.91. The molecule has 17 aromatic rings. The third-order valence-electron chi connectivity index (χ3n) is 24.6. The van der Waals surface area contributed by atoms with Gasteiger partial charge in [0.1, 0.15) is 52.7 Å². The van der Waals surface area contributed by atoms with Crippen LogP contribution < -0.4 is 31.6 Å². The van der Waals surface area contributed by atoms with E-state index < -0.39 is 21.6 Å². The number of ether oxygens (including phenoxy) is 2. The fourth-order valence-electron chi connectivity index (χ4n) is 17.1. The van der Waals surface area contributed by atoms with E-state index in [-0.39, 0.29) is 83.4 Å². The van der Waals surface area contributed by atoms with E-state index >= 15 is 0 Å². The number of ketones is 1. The van der Waals surface area contributed by atoms with Gasteiger partial charge < -0.3 is 45.6 Å². The van der Waals surface area contributed by atoms with Gasteiger partial charge in [-0.2, -0.15) is 14.7 Å². The molecule has 8 aromatic heterocycles. The SMILES string of the molecule is CCCNC(=O)c1nnc2c(-c3c(C)cccc3C)cccc2c1N.CCCNC(=O)c1nnc2c(-c3cc(C)ccc3C)cccc2c1N.CCn1cnc2c(-c3ccc(F)c(-c4ccc(S(=O)(=O)CC)cc4OC)c3)cnnc21.Cc1ccc(F)cc1-c1nnc2cc(C(C)(C)C)c(OCc3ncnn3C)nn12.Cn1c2c(c3cc(F)ccc31)C(C(=O)N1CCCC1)=CC(c1ccccc1)C2=O.[HH].[HH]. The van der Waals surface area contributed by atoms with Crippen LogP contribution in [0.4, 0.5) is 24.5 Å². The van der Waals surface area contributed by atoms with Gasteiger partial charge in [0.05, 0.1) is 53.3 Å². The van der Waals surface area contributed by atoms with Gasteiger partial charge in [0.15, 0.2) is 50.0 Å². The number of hydrogen-bond donors (Lipinski definition) is 4. The Morgan fingerprint density at radius 1 is 0.597 bits per heavy atom. The first kappa shape index (κ1) is 97.7. The van der Waals surface area contributed by atoms with Crippen molar-refractivity contribution in [3.63, 3.8) is 0 Å². The molecule has 1 saturated heterocycles. The number of allylic oxidation sites excluding steroid dienone is 1. The number of methoxy groups -OCH3 is 1. The number of amides is 3. The lowest BCUT2D eigenvalue weighted by Gasteiger charge is -2.25. The van der Waals surface area contributed by atoms with Crippen LogP contribution in [0.3, 0.4) is 0 Å². The van der Waals surface area contributed by atoms with Gasteiger partial charge in [0, 0.05) is 121 Å². The summed E-state index contributed by atoms with van der Waals surface area (Å²) in [4.78, 5) is 62.0. The second-order valence-electron chi connectivity index (χ2n) is 35.1. The molecule has 1 aliphatic carbocycles. The van der Waals surface area contributed by atoms with Crippen LogP contribution in [-0.4, -0.2) is 155 Å². The largest absolute Gasteiger partial charge is 0.496 e. The van der Waals surface area contributed by atoms with Gasteiger partial charge in [-0.25, -0.2) is 31.6 Å². The van der Waals surface area contributed by atoms with Gasteiger partial charge >= 0.3 is 0 Å². The molecular weight excluding hydrogens is 1780 g/mol. The maximum absolute atomic E-state index is 14.8. The zero-order valence-electron chi connectivity index (χ0n) is 80.1. The third-order valence-corrected chi connectivity index (χ3v) is 26.4. The number of halogens is 3. The van der Waals surface area contributed by atoms with Crippen LogP contribution in [0, 0.1) is 52.1 Å². The van der Waals surface area contributed by atoms with Crippen molar-refractivity contribution in [1.29, 1.82) is 0 Å². The Hall–Kier alpha value is -15.8. The molecule has 139 heavy (non-hydrogen) atoms. The van der Waals surface area contributed by atoms with E-state index in [2.05, 4.69) is 150 Å². The van der Waals surface area contributed by atoms with Gasteiger partial charge in [-0.3, -0.25) is 23.9 Å². The number of nitrogens with zero attached hydrogens (tertiary/aromatic N) is 17. The molecule has 1 atom stereocenters. The summed E-state index contributed by atoms with van der Waals surface area (Å²) in [6.07, 6.45) is 10.2. The summed E-state index contributed by atoms with van der Waals surface area (Å²) in [7, 11) is 1.62. The average molecular weight is 1900 g/mol. The molecule has 19 rings (SSSR count). The lowest BCUT2D eigenvalue weighted by atomic mass is 9.82. The van der Waals surface area contributed by atoms with Crippen molar-refractivity contribution in [1.82, 2.24) is 94.8 Å². The highest BCUT2D eigenvalue weighted by Crippen LogP contribution is 2.44. The van der Waals surface area contributed by atoms with Crippen molar-refractivity contribution < 1.29 is 53.1 Å². The fourth-order valence-corrected chi connectivity index (χ4v) is 18.0. The first-order chi connectivity index (χ1) is 66.7. The number of imidazole rings is 1. The number of sulfone groups is 1. The highest BCUT2D eigenvalue weighted by Gasteiger charge is 2.39. The van der Waals surface area contributed by atoms with E-state index in [1.165, 1.54) is 61.5 Å². The Kier molecular flexibility index (Phi) is 29.4. The molecule has 1 fully saturated rings. The maximum atomic E-state index is 14.8. The summed E-state index contributed by atoms with van der Waals surface area (Å²) in [5.41, 5.74) is 33.2. The van der Waals surface area contributed by atoms with Crippen LogP contribution in [0.5, 0.6) is 11.6 Å². The van der Waals surface area contributed by atoms with Gasteiger partial charge in [-0.05, 0) is 184 Å². The number of carbonyl (C=O) groups excluding carboxylic acids is 4. The van der Waals surface area contributed by atoms with Crippen molar-refractivity contribution >= 4 is 99.8 Å². The minimum absolute atomic E-state index is 0. The van der Waals surface area contributed by atoms with Crippen LogP contribution in [0.2, 0.25) is 0 Å². The number of aromatic nitrogens is 16. The first-order valence-corrected chi connectivity index (χ1v) is 47.5. The van der Waals surface area contributed by atoms with E-state index in [0.717, 1.165) is 103 Å². The van der Waals surface area contributed by atoms with E-state index in [1.54, 1.807) is 76.7 Å². The number of nitrogens with two attached hydrogens (primary N) is 2.